The smallest absolute Gasteiger partial charge is 0.218 e. The predicted molar refractivity (Wildman–Crippen MR) is 50.5 cm³/mol. The van der Waals surface area contributed by atoms with E-state index in [1.165, 1.54) is 6.33 Å². The van der Waals surface area contributed by atoms with Crippen LogP contribution >= 0.6 is 0 Å². The van der Waals surface area contributed by atoms with Gasteiger partial charge in [-0.25, -0.2) is 14.6 Å². The Hall–Kier alpha value is -1.72. The van der Waals surface area contributed by atoms with Crippen LogP contribution in [0.1, 0.15) is 25.7 Å². The van der Waals surface area contributed by atoms with Gasteiger partial charge in [0.1, 0.15) is 12.2 Å². The molecule has 74 valence electrons. The molecule has 14 heavy (non-hydrogen) atoms. The molecule has 2 heterocycles. The van der Waals surface area contributed by atoms with Crippen LogP contribution in [0.5, 0.6) is 0 Å². The maximum atomic E-state index is 4.21. The number of hydrogen-bond donors (Lipinski definition) is 1. The molecule has 0 spiro atoms. The summed E-state index contributed by atoms with van der Waals surface area (Å²) in [5.74, 6) is 2.07. The van der Waals surface area contributed by atoms with E-state index in [9.17, 15) is 0 Å². The molecule has 0 aliphatic rings. The summed E-state index contributed by atoms with van der Waals surface area (Å²) in [5.41, 5.74) is 0. The lowest BCUT2D eigenvalue weighted by Gasteiger charge is -2.05. The Morgan fingerprint density at radius 1 is 1.43 bits per heavy atom. The van der Waals surface area contributed by atoms with E-state index >= 15 is 0 Å². The minimum atomic E-state index is 0.256. The molecule has 6 nitrogen and oxygen atoms in total. The third kappa shape index (κ3) is 1.39. The van der Waals surface area contributed by atoms with Crippen molar-refractivity contribution in [1.82, 2.24) is 29.9 Å². The van der Waals surface area contributed by atoms with Crippen molar-refractivity contribution in [2.75, 3.05) is 0 Å². The summed E-state index contributed by atoms with van der Waals surface area (Å²) >= 11 is 0. The molecule has 0 unspecified atom stereocenters. The van der Waals surface area contributed by atoms with Crippen molar-refractivity contribution in [3.05, 3.63) is 12.2 Å². The van der Waals surface area contributed by atoms with E-state index in [-0.39, 0.29) is 6.04 Å². The van der Waals surface area contributed by atoms with E-state index in [0.717, 1.165) is 5.82 Å². The molecule has 1 N–H and O–H groups in total. The second kappa shape index (κ2) is 3.21. The molecule has 6 heteroatoms. The molecule has 0 amide bonds. The molecule has 2 aromatic heterocycles. The molecular weight excluding hydrogens is 180 g/mol. The summed E-state index contributed by atoms with van der Waals surface area (Å²) in [6.07, 6.45) is 1.51. The molecule has 0 bridgehead atoms. The SMILES string of the molecule is Cc1nc(-c2ncnn2C(C)C)n[nH]1. The number of nitrogens with one attached hydrogen (secondary N) is 1. The molecule has 2 rings (SSSR count). The molecule has 0 aromatic carbocycles. The van der Waals surface area contributed by atoms with Gasteiger partial charge in [0.15, 0.2) is 5.82 Å². The second-order valence-electron chi connectivity index (χ2n) is 3.37. The van der Waals surface area contributed by atoms with Gasteiger partial charge in [0.05, 0.1) is 0 Å². The normalized spacial score (nSPS) is 11.1. The van der Waals surface area contributed by atoms with E-state index in [2.05, 4.69) is 25.3 Å². The molecule has 0 saturated heterocycles. The van der Waals surface area contributed by atoms with E-state index in [4.69, 9.17) is 0 Å². The van der Waals surface area contributed by atoms with E-state index in [1.54, 1.807) is 4.68 Å². The van der Waals surface area contributed by atoms with Crippen molar-refractivity contribution in [3.63, 3.8) is 0 Å². The summed E-state index contributed by atoms with van der Waals surface area (Å²) in [6, 6.07) is 0.256. The van der Waals surface area contributed by atoms with Gasteiger partial charge in [-0.1, -0.05) is 0 Å². The monoisotopic (exact) mass is 192 g/mol. The quantitative estimate of drug-likeness (QED) is 0.769. The predicted octanol–water partition coefficient (Wildman–Crippen LogP) is 0.953. The van der Waals surface area contributed by atoms with Gasteiger partial charge in [0, 0.05) is 6.04 Å². The summed E-state index contributed by atoms with van der Waals surface area (Å²) in [6.45, 7) is 5.93. The highest BCUT2D eigenvalue weighted by Gasteiger charge is 2.13. The molecule has 2 aromatic rings. The Kier molecular flexibility index (Phi) is 2.03. The van der Waals surface area contributed by atoms with Crippen LogP contribution in [0, 0.1) is 6.92 Å². The van der Waals surface area contributed by atoms with Crippen molar-refractivity contribution < 1.29 is 0 Å². The largest absolute Gasteiger partial charge is 0.263 e. The Balaban J connectivity index is 2.46. The number of rotatable bonds is 2. The van der Waals surface area contributed by atoms with Gasteiger partial charge in [0.2, 0.25) is 5.82 Å². The number of aromatic nitrogens is 6. The summed E-state index contributed by atoms with van der Waals surface area (Å²) in [5, 5.41) is 10.9. The highest BCUT2D eigenvalue weighted by molar-refractivity contribution is 5.41. The van der Waals surface area contributed by atoms with E-state index < -0.39 is 0 Å². The zero-order valence-electron chi connectivity index (χ0n) is 8.39. The van der Waals surface area contributed by atoms with Gasteiger partial charge < -0.3 is 0 Å². The molecule has 0 atom stereocenters. The van der Waals surface area contributed by atoms with Crippen LogP contribution < -0.4 is 0 Å². The molecular formula is C8H12N6. The molecule has 0 aliphatic heterocycles. The lowest BCUT2D eigenvalue weighted by Crippen LogP contribution is -2.05. The zero-order chi connectivity index (χ0) is 10.1. The number of H-pyrrole nitrogens is 1. The zero-order valence-corrected chi connectivity index (χ0v) is 8.39. The summed E-state index contributed by atoms with van der Waals surface area (Å²) in [4.78, 5) is 8.33. The van der Waals surface area contributed by atoms with Gasteiger partial charge in [-0.2, -0.15) is 10.2 Å². The van der Waals surface area contributed by atoms with Crippen LogP contribution in [0.15, 0.2) is 6.33 Å². The first-order valence-electron chi connectivity index (χ1n) is 4.47. The minimum Gasteiger partial charge on any atom is -0.263 e. The van der Waals surface area contributed by atoms with Crippen molar-refractivity contribution in [1.29, 1.82) is 0 Å². The van der Waals surface area contributed by atoms with E-state index in [1.807, 2.05) is 20.8 Å². The highest BCUT2D eigenvalue weighted by atomic mass is 15.4. The Labute approximate surface area is 81.4 Å². The number of nitrogens with zero attached hydrogens (tertiary/aromatic N) is 5. The highest BCUT2D eigenvalue weighted by Crippen LogP contribution is 2.14. The van der Waals surface area contributed by atoms with Crippen LogP contribution in [-0.2, 0) is 0 Å². The number of aromatic amines is 1. The molecule has 0 saturated carbocycles. The lowest BCUT2D eigenvalue weighted by molar-refractivity contribution is 0.535. The Morgan fingerprint density at radius 2 is 2.21 bits per heavy atom. The Morgan fingerprint density at radius 3 is 2.79 bits per heavy atom. The third-order valence-corrected chi connectivity index (χ3v) is 1.86. The first kappa shape index (κ1) is 8.86. The van der Waals surface area contributed by atoms with Gasteiger partial charge >= 0.3 is 0 Å². The number of hydrogen-bond acceptors (Lipinski definition) is 4. The fourth-order valence-corrected chi connectivity index (χ4v) is 1.23. The van der Waals surface area contributed by atoms with Gasteiger partial charge in [-0.15, -0.1) is 0 Å². The maximum absolute atomic E-state index is 4.21. The lowest BCUT2D eigenvalue weighted by atomic mass is 10.4. The average Bonchev–Trinajstić information content (AvgIpc) is 2.70. The van der Waals surface area contributed by atoms with Crippen molar-refractivity contribution in [2.24, 2.45) is 0 Å². The average molecular weight is 192 g/mol. The molecule has 0 radical (unpaired) electrons. The van der Waals surface area contributed by atoms with Crippen molar-refractivity contribution in [3.8, 4) is 11.6 Å². The van der Waals surface area contributed by atoms with Crippen LogP contribution in [-0.4, -0.2) is 29.9 Å². The fraction of sp³-hybridized carbons (Fsp3) is 0.500. The first-order chi connectivity index (χ1) is 6.68. The van der Waals surface area contributed by atoms with Crippen molar-refractivity contribution in [2.45, 2.75) is 26.8 Å². The first-order valence-corrected chi connectivity index (χ1v) is 4.47. The van der Waals surface area contributed by atoms with Gasteiger partial charge in [0.25, 0.3) is 0 Å². The fourth-order valence-electron chi connectivity index (χ4n) is 1.23. The number of aryl methyl sites for hydroxylation is 1. The summed E-state index contributed by atoms with van der Waals surface area (Å²) < 4.78 is 1.79. The standard InChI is InChI=1S/C8H12N6/c1-5(2)14-8(9-4-10-14)7-11-6(3)12-13-7/h4-5H,1-3H3,(H,11,12,13). The van der Waals surface area contributed by atoms with E-state index in [0.29, 0.717) is 11.6 Å². The minimum absolute atomic E-state index is 0.256. The second-order valence-corrected chi connectivity index (χ2v) is 3.37. The summed E-state index contributed by atoms with van der Waals surface area (Å²) in [7, 11) is 0. The van der Waals surface area contributed by atoms with Crippen LogP contribution in [0.4, 0.5) is 0 Å². The third-order valence-electron chi connectivity index (χ3n) is 1.86. The van der Waals surface area contributed by atoms with Crippen LogP contribution in [0.3, 0.4) is 0 Å². The van der Waals surface area contributed by atoms with Gasteiger partial charge in [-0.3, -0.25) is 5.10 Å². The van der Waals surface area contributed by atoms with Gasteiger partial charge in [-0.05, 0) is 20.8 Å². The maximum Gasteiger partial charge on any atom is 0.218 e. The van der Waals surface area contributed by atoms with Crippen molar-refractivity contribution >= 4 is 0 Å². The molecule has 0 aliphatic carbocycles. The van der Waals surface area contributed by atoms with Crippen LogP contribution in [0.25, 0.3) is 11.6 Å². The molecule has 0 fully saturated rings. The topological polar surface area (TPSA) is 72.3 Å². The Bertz CT molecular complexity index is 426. The van der Waals surface area contributed by atoms with Crippen LogP contribution in [0.2, 0.25) is 0 Å².